The fraction of sp³-hybridized carbons (Fsp3) is 0.208. The van der Waals surface area contributed by atoms with Crippen LogP contribution >= 0.6 is 0 Å². The van der Waals surface area contributed by atoms with Crippen LogP contribution in [0.5, 0.6) is 0 Å². The quantitative estimate of drug-likeness (QED) is 0.473. The molecular formula is C24H25N5O2. The largest absolute Gasteiger partial charge is 0.444 e. The highest BCUT2D eigenvalue weighted by Gasteiger charge is 2.11. The van der Waals surface area contributed by atoms with Crippen LogP contribution in [0.3, 0.4) is 0 Å². The van der Waals surface area contributed by atoms with E-state index in [4.69, 9.17) is 4.42 Å². The highest BCUT2D eigenvalue weighted by Crippen LogP contribution is 2.22. The summed E-state index contributed by atoms with van der Waals surface area (Å²) in [7, 11) is 0. The minimum Gasteiger partial charge on any atom is -0.444 e. The molecule has 2 aromatic heterocycles. The van der Waals surface area contributed by atoms with Crippen LogP contribution in [0.2, 0.25) is 0 Å². The standard InChI is InChI=1S/C24H25N5O2/c1-16-8-10-19(11-9-16)23-26-20(15-31-23)12-13-25-24(30)27-21-6-4-5-7-22(21)29-18(3)14-17(2)28-29/h4-11,14-15H,12-13H2,1-3H3,(H2,25,27,30). The molecule has 4 aromatic rings. The van der Waals surface area contributed by atoms with Crippen molar-refractivity contribution in [2.45, 2.75) is 27.2 Å². The molecule has 0 atom stereocenters. The number of urea groups is 1. The average Bonchev–Trinajstić information content (AvgIpc) is 3.35. The second-order valence-corrected chi connectivity index (χ2v) is 7.50. The lowest BCUT2D eigenvalue weighted by Gasteiger charge is -2.13. The highest BCUT2D eigenvalue weighted by molar-refractivity contribution is 5.91. The Labute approximate surface area is 181 Å². The van der Waals surface area contributed by atoms with Crippen molar-refractivity contribution in [3.8, 4) is 17.1 Å². The van der Waals surface area contributed by atoms with Crippen molar-refractivity contribution in [1.29, 1.82) is 0 Å². The van der Waals surface area contributed by atoms with E-state index >= 15 is 0 Å². The van der Waals surface area contributed by atoms with Crippen LogP contribution < -0.4 is 10.6 Å². The molecule has 0 bridgehead atoms. The Morgan fingerprint density at radius 2 is 1.84 bits per heavy atom. The summed E-state index contributed by atoms with van der Waals surface area (Å²) in [6.45, 7) is 6.41. The van der Waals surface area contributed by atoms with Gasteiger partial charge < -0.3 is 15.1 Å². The fourth-order valence-corrected chi connectivity index (χ4v) is 3.36. The minimum absolute atomic E-state index is 0.281. The maximum Gasteiger partial charge on any atom is 0.319 e. The number of anilines is 1. The SMILES string of the molecule is Cc1ccc(-c2nc(CCNC(=O)Nc3ccccc3-n3nc(C)cc3C)co2)cc1. The van der Waals surface area contributed by atoms with E-state index in [2.05, 4.69) is 20.7 Å². The zero-order valence-electron chi connectivity index (χ0n) is 17.8. The molecule has 31 heavy (non-hydrogen) atoms. The van der Waals surface area contributed by atoms with Gasteiger partial charge in [0, 0.05) is 24.2 Å². The van der Waals surface area contributed by atoms with Crippen LogP contribution in [0.4, 0.5) is 10.5 Å². The molecular weight excluding hydrogens is 390 g/mol. The summed E-state index contributed by atoms with van der Waals surface area (Å²) in [5.74, 6) is 0.582. The summed E-state index contributed by atoms with van der Waals surface area (Å²) >= 11 is 0. The Hall–Kier alpha value is -3.87. The topological polar surface area (TPSA) is 85.0 Å². The number of benzene rings is 2. The third-order valence-corrected chi connectivity index (χ3v) is 4.91. The van der Waals surface area contributed by atoms with Gasteiger partial charge in [-0.2, -0.15) is 5.10 Å². The number of hydrogen-bond donors (Lipinski definition) is 2. The summed E-state index contributed by atoms with van der Waals surface area (Å²) in [6.07, 6.45) is 2.20. The predicted octanol–water partition coefficient (Wildman–Crippen LogP) is 4.82. The molecule has 2 N–H and O–H groups in total. The van der Waals surface area contributed by atoms with Crippen molar-refractivity contribution in [2.24, 2.45) is 0 Å². The molecule has 0 aliphatic heterocycles. The number of carbonyl (C=O) groups excluding carboxylic acids is 1. The Morgan fingerprint density at radius 3 is 2.58 bits per heavy atom. The van der Waals surface area contributed by atoms with Crippen LogP contribution in [0.1, 0.15) is 22.6 Å². The molecule has 0 saturated carbocycles. The molecule has 0 unspecified atom stereocenters. The first kappa shape index (κ1) is 20.4. The number of aryl methyl sites for hydroxylation is 3. The van der Waals surface area contributed by atoms with Gasteiger partial charge in [-0.15, -0.1) is 0 Å². The average molecular weight is 415 g/mol. The Balaban J connectivity index is 1.35. The Kier molecular flexibility index (Phi) is 5.84. The fourth-order valence-electron chi connectivity index (χ4n) is 3.36. The van der Waals surface area contributed by atoms with Crippen molar-refractivity contribution in [2.75, 3.05) is 11.9 Å². The molecule has 0 radical (unpaired) electrons. The molecule has 2 aromatic carbocycles. The van der Waals surface area contributed by atoms with Crippen molar-refractivity contribution < 1.29 is 9.21 Å². The molecule has 158 valence electrons. The van der Waals surface area contributed by atoms with Gasteiger partial charge in [0.2, 0.25) is 5.89 Å². The summed E-state index contributed by atoms with van der Waals surface area (Å²) in [6, 6.07) is 17.3. The summed E-state index contributed by atoms with van der Waals surface area (Å²) in [4.78, 5) is 16.9. The van der Waals surface area contributed by atoms with E-state index in [-0.39, 0.29) is 6.03 Å². The maximum absolute atomic E-state index is 12.4. The highest BCUT2D eigenvalue weighted by atomic mass is 16.3. The van der Waals surface area contributed by atoms with Crippen molar-refractivity contribution >= 4 is 11.7 Å². The molecule has 0 aliphatic rings. The normalized spacial score (nSPS) is 10.8. The van der Waals surface area contributed by atoms with Gasteiger partial charge in [-0.1, -0.05) is 29.8 Å². The third kappa shape index (κ3) is 4.83. The number of rotatable bonds is 6. The van der Waals surface area contributed by atoms with E-state index in [1.807, 2.05) is 80.1 Å². The molecule has 4 rings (SSSR count). The number of para-hydroxylation sites is 2. The van der Waals surface area contributed by atoms with E-state index in [0.717, 1.165) is 28.3 Å². The second kappa shape index (κ2) is 8.87. The van der Waals surface area contributed by atoms with Gasteiger partial charge in [-0.05, 0) is 51.1 Å². The number of nitrogens with one attached hydrogen (secondary N) is 2. The molecule has 0 fully saturated rings. The monoisotopic (exact) mass is 415 g/mol. The molecule has 0 spiro atoms. The summed E-state index contributed by atoms with van der Waals surface area (Å²) in [5, 5.41) is 10.3. The predicted molar refractivity (Wildman–Crippen MR) is 120 cm³/mol. The summed E-state index contributed by atoms with van der Waals surface area (Å²) in [5.41, 5.74) is 6.35. The van der Waals surface area contributed by atoms with Crippen molar-refractivity contribution in [3.05, 3.63) is 83.5 Å². The van der Waals surface area contributed by atoms with Gasteiger partial charge in [-0.25, -0.2) is 14.5 Å². The number of hydrogen-bond acceptors (Lipinski definition) is 4. The number of carbonyl (C=O) groups is 1. The molecule has 2 amide bonds. The van der Waals surface area contributed by atoms with Crippen LogP contribution in [-0.2, 0) is 6.42 Å². The van der Waals surface area contributed by atoms with Crippen molar-refractivity contribution in [3.63, 3.8) is 0 Å². The zero-order valence-corrected chi connectivity index (χ0v) is 17.8. The first-order chi connectivity index (χ1) is 15.0. The lowest BCUT2D eigenvalue weighted by molar-refractivity contribution is 0.252. The van der Waals surface area contributed by atoms with E-state index in [1.54, 1.807) is 6.26 Å². The Bertz CT molecular complexity index is 1190. The van der Waals surface area contributed by atoms with Crippen molar-refractivity contribution in [1.82, 2.24) is 20.1 Å². The van der Waals surface area contributed by atoms with E-state index < -0.39 is 0 Å². The van der Waals surface area contributed by atoms with Gasteiger partial charge in [-0.3, -0.25) is 0 Å². The second-order valence-electron chi connectivity index (χ2n) is 7.50. The molecule has 0 saturated heterocycles. The van der Waals surface area contributed by atoms with Crippen LogP contribution in [-0.4, -0.2) is 27.3 Å². The maximum atomic E-state index is 12.4. The van der Waals surface area contributed by atoms with Crippen LogP contribution in [0.15, 0.2) is 65.3 Å². The molecule has 2 heterocycles. The number of oxazole rings is 1. The Morgan fingerprint density at radius 1 is 1.06 bits per heavy atom. The van der Waals surface area contributed by atoms with Gasteiger partial charge in [0.1, 0.15) is 6.26 Å². The van der Waals surface area contributed by atoms with Gasteiger partial charge in [0.05, 0.1) is 22.8 Å². The lowest BCUT2D eigenvalue weighted by atomic mass is 10.1. The first-order valence-electron chi connectivity index (χ1n) is 10.2. The smallest absolute Gasteiger partial charge is 0.319 e. The third-order valence-electron chi connectivity index (χ3n) is 4.91. The van der Waals surface area contributed by atoms with Gasteiger partial charge in [0.15, 0.2) is 0 Å². The first-order valence-corrected chi connectivity index (χ1v) is 10.2. The lowest BCUT2D eigenvalue weighted by Crippen LogP contribution is -2.31. The van der Waals surface area contributed by atoms with Gasteiger partial charge in [0.25, 0.3) is 0 Å². The van der Waals surface area contributed by atoms with E-state index in [9.17, 15) is 4.79 Å². The minimum atomic E-state index is -0.281. The number of nitrogens with zero attached hydrogens (tertiary/aromatic N) is 3. The molecule has 0 aliphatic carbocycles. The molecule has 7 nitrogen and oxygen atoms in total. The van der Waals surface area contributed by atoms with E-state index in [0.29, 0.717) is 24.5 Å². The summed E-state index contributed by atoms with van der Waals surface area (Å²) < 4.78 is 7.40. The number of aromatic nitrogens is 3. The molecule has 7 heteroatoms. The van der Waals surface area contributed by atoms with Gasteiger partial charge >= 0.3 is 6.03 Å². The van der Waals surface area contributed by atoms with E-state index in [1.165, 1.54) is 5.56 Å². The number of amides is 2. The van der Waals surface area contributed by atoms with Crippen LogP contribution in [0, 0.1) is 20.8 Å². The zero-order chi connectivity index (χ0) is 21.8. The van der Waals surface area contributed by atoms with Crippen LogP contribution in [0.25, 0.3) is 17.1 Å².